The van der Waals surface area contributed by atoms with Crippen molar-refractivity contribution < 1.29 is 4.74 Å². The van der Waals surface area contributed by atoms with E-state index in [2.05, 4.69) is 13.0 Å². The van der Waals surface area contributed by atoms with E-state index in [4.69, 9.17) is 10.5 Å². The molecule has 1 aromatic carbocycles. The monoisotopic (exact) mass is 217 g/mol. The van der Waals surface area contributed by atoms with Crippen LogP contribution in [0.5, 0.6) is 5.75 Å². The van der Waals surface area contributed by atoms with Crippen LogP contribution in [-0.4, -0.2) is 5.60 Å². The maximum Gasteiger partial charge on any atom is 0.124 e. The van der Waals surface area contributed by atoms with Crippen LogP contribution in [0.15, 0.2) is 24.3 Å². The number of para-hydroxylation sites is 1. The second-order valence-electron chi connectivity index (χ2n) is 5.55. The highest BCUT2D eigenvalue weighted by molar-refractivity contribution is 5.38. The van der Waals surface area contributed by atoms with Crippen LogP contribution in [0.4, 0.5) is 0 Å². The lowest BCUT2D eigenvalue weighted by atomic mass is 9.85. The second kappa shape index (κ2) is 3.49. The average Bonchev–Trinajstić information content (AvgIpc) is 3.00. The summed E-state index contributed by atoms with van der Waals surface area (Å²) < 4.78 is 6.16. The lowest BCUT2D eigenvalue weighted by Crippen LogP contribution is -2.40. The largest absolute Gasteiger partial charge is 0.487 e. The molecule has 2 aliphatic rings. The van der Waals surface area contributed by atoms with Crippen LogP contribution in [0.1, 0.15) is 44.2 Å². The Labute approximate surface area is 96.8 Å². The minimum absolute atomic E-state index is 0.0467. The van der Waals surface area contributed by atoms with E-state index in [0.717, 1.165) is 30.1 Å². The molecule has 1 saturated carbocycles. The zero-order chi connectivity index (χ0) is 11.2. The van der Waals surface area contributed by atoms with Gasteiger partial charge in [-0.3, -0.25) is 0 Å². The summed E-state index contributed by atoms with van der Waals surface area (Å²) in [6.07, 6.45) is 4.85. The third kappa shape index (κ3) is 1.82. The van der Waals surface area contributed by atoms with Gasteiger partial charge in [0.2, 0.25) is 0 Å². The zero-order valence-electron chi connectivity index (χ0n) is 9.78. The van der Waals surface area contributed by atoms with Gasteiger partial charge in [0.1, 0.15) is 11.4 Å². The molecule has 0 saturated heterocycles. The number of ether oxygens (including phenoxy) is 1. The summed E-state index contributed by atoms with van der Waals surface area (Å²) in [6, 6.07) is 8.31. The van der Waals surface area contributed by atoms with Gasteiger partial charge in [-0.05, 0) is 25.3 Å². The van der Waals surface area contributed by atoms with Crippen LogP contribution < -0.4 is 10.5 Å². The molecule has 1 aromatic rings. The van der Waals surface area contributed by atoms with E-state index >= 15 is 0 Å². The summed E-state index contributed by atoms with van der Waals surface area (Å²) >= 11 is 0. The molecule has 1 heterocycles. The Kier molecular flexibility index (Phi) is 2.21. The first kappa shape index (κ1) is 10.2. The molecule has 2 heteroatoms. The van der Waals surface area contributed by atoms with Gasteiger partial charge in [-0.2, -0.15) is 0 Å². The number of nitrogens with two attached hydrogens (primary N) is 1. The lowest BCUT2D eigenvalue weighted by molar-refractivity contribution is 0.0402. The first-order chi connectivity index (χ1) is 7.66. The molecule has 3 rings (SSSR count). The SMILES string of the molecule is CC1(CC2CC2)CC(N)c2ccccc2O1. The number of hydrogen-bond acceptors (Lipinski definition) is 2. The Morgan fingerprint density at radius 2 is 2.12 bits per heavy atom. The number of rotatable bonds is 2. The quantitative estimate of drug-likeness (QED) is 0.826. The zero-order valence-corrected chi connectivity index (χ0v) is 9.78. The van der Waals surface area contributed by atoms with Crippen molar-refractivity contribution in [3.63, 3.8) is 0 Å². The maximum absolute atomic E-state index is 6.24. The average molecular weight is 217 g/mol. The van der Waals surface area contributed by atoms with Gasteiger partial charge in [-0.1, -0.05) is 31.0 Å². The maximum atomic E-state index is 6.24. The molecule has 2 unspecified atom stereocenters. The van der Waals surface area contributed by atoms with Crippen LogP contribution in [-0.2, 0) is 0 Å². The Morgan fingerprint density at radius 3 is 2.88 bits per heavy atom. The Bertz CT molecular complexity index is 399. The van der Waals surface area contributed by atoms with Gasteiger partial charge >= 0.3 is 0 Å². The number of benzene rings is 1. The van der Waals surface area contributed by atoms with Crippen molar-refractivity contribution in [1.29, 1.82) is 0 Å². The molecular formula is C14H19NO. The van der Waals surface area contributed by atoms with Gasteiger partial charge in [0, 0.05) is 18.0 Å². The first-order valence-electron chi connectivity index (χ1n) is 6.20. The van der Waals surface area contributed by atoms with Crippen LogP contribution >= 0.6 is 0 Å². The van der Waals surface area contributed by atoms with Gasteiger partial charge in [0.15, 0.2) is 0 Å². The van der Waals surface area contributed by atoms with Crippen LogP contribution in [0.25, 0.3) is 0 Å². The van der Waals surface area contributed by atoms with E-state index in [1.165, 1.54) is 12.8 Å². The minimum atomic E-state index is -0.0467. The van der Waals surface area contributed by atoms with Crippen molar-refractivity contribution in [3.8, 4) is 5.75 Å². The fraction of sp³-hybridized carbons (Fsp3) is 0.571. The molecule has 0 spiro atoms. The molecule has 0 bridgehead atoms. The molecule has 0 aromatic heterocycles. The van der Waals surface area contributed by atoms with Crippen molar-refractivity contribution >= 4 is 0 Å². The van der Waals surface area contributed by atoms with Crippen molar-refractivity contribution in [3.05, 3.63) is 29.8 Å². The van der Waals surface area contributed by atoms with Crippen molar-refractivity contribution in [2.75, 3.05) is 0 Å². The van der Waals surface area contributed by atoms with E-state index in [0.29, 0.717) is 0 Å². The van der Waals surface area contributed by atoms with E-state index in [1.807, 2.05) is 18.2 Å². The summed E-state index contributed by atoms with van der Waals surface area (Å²) in [4.78, 5) is 0. The highest BCUT2D eigenvalue weighted by atomic mass is 16.5. The fourth-order valence-corrected chi connectivity index (χ4v) is 2.82. The molecule has 16 heavy (non-hydrogen) atoms. The summed E-state index contributed by atoms with van der Waals surface area (Å²) in [5, 5.41) is 0. The number of fused-ring (bicyclic) bond motifs is 1. The van der Waals surface area contributed by atoms with Crippen LogP contribution in [0.2, 0.25) is 0 Å². The fourth-order valence-electron chi connectivity index (χ4n) is 2.82. The van der Waals surface area contributed by atoms with Gasteiger partial charge in [0.25, 0.3) is 0 Å². The summed E-state index contributed by atoms with van der Waals surface area (Å²) in [7, 11) is 0. The van der Waals surface area contributed by atoms with Gasteiger partial charge in [-0.25, -0.2) is 0 Å². The number of hydrogen-bond donors (Lipinski definition) is 1. The smallest absolute Gasteiger partial charge is 0.124 e. The van der Waals surface area contributed by atoms with Crippen molar-refractivity contribution in [2.45, 2.75) is 44.2 Å². The van der Waals surface area contributed by atoms with E-state index in [1.54, 1.807) is 0 Å². The van der Waals surface area contributed by atoms with Gasteiger partial charge in [-0.15, -0.1) is 0 Å². The van der Waals surface area contributed by atoms with Crippen molar-refractivity contribution in [2.24, 2.45) is 11.7 Å². The molecule has 2 atom stereocenters. The second-order valence-corrected chi connectivity index (χ2v) is 5.55. The molecule has 1 aliphatic heterocycles. The van der Waals surface area contributed by atoms with Crippen molar-refractivity contribution in [1.82, 2.24) is 0 Å². The van der Waals surface area contributed by atoms with Gasteiger partial charge < -0.3 is 10.5 Å². The Balaban J connectivity index is 1.87. The third-order valence-corrected chi connectivity index (χ3v) is 3.74. The molecule has 2 nitrogen and oxygen atoms in total. The molecule has 1 aliphatic carbocycles. The lowest BCUT2D eigenvalue weighted by Gasteiger charge is -2.39. The molecule has 0 radical (unpaired) electrons. The Hall–Kier alpha value is -1.02. The molecule has 86 valence electrons. The van der Waals surface area contributed by atoms with Crippen LogP contribution in [0, 0.1) is 5.92 Å². The first-order valence-corrected chi connectivity index (χ1v) is 6.20. The highest BCUT2D eigenvalue weighted by Gasteiger charge is 2.40. The molecular weight excluding hydrogens is 198 g/mol. The topological polar surface area (TPSA) is 35.2 Å². The predicted octanol–water partition coefficient (Wildman–Crippen LogP) is 3.03. The van der Waals surface area contributed by atoms with Crippen LogP contribution in [0.3, 0.4) is 0 Å². The summed E-state index contributed by atoms with van der Waals surface area (Å²) in [5.41, 5.74) is 7.35. The molecule has 2 N–H and O–H groups in total. The minimum Gasteiger partial charge on any atom is -0.487 e. The van der Waals surface area contributed by atoms with Gasteiger partial charge in [0.05, 0.1) is 0 Å². The van der Waals surface area contributed by atoms with E-state index < -0.39 is 0 Å². The normalized spacial score (nSPS) is 33.0. The molecule has 0 amide bonds. The molecule has 1 fully saturated rings. The van der Waals surface area contributed by atoms with E-state index in [-0.39, 0.29) is 11.6 Å². The summed E-state index contributed by atoms with van der Waals surface area (Å²) in [5.74, 6) is 1.87. The van der Waals surface area contributed by atoms with E-state index in [9.17, 15) is 0 Å². The predicted molar refractivity (Wildman–Crippen MR) is 64.4 cm³/mol. The summed E-state index contributed by atoms with van der Waals surface area (Å²) in [6.45, 7) is 2.21. The highest BCUT2D eigenvalue weighted by Crippen LogP contribution is 2.45. The standard InChI is InChI=1S/C14H19NO/c1-14(8-10-6-7-10)9-12(15)11-4-2-3-5-13(11)16-14/h2-5,10,12H,6-9,15H2,1H3. The third-order valence-electron chi connectivity index (χ3n) is 3.74. The Morgan fingerprint density at radius 1 is 1.38 bits per heavy atom.